The minimum atomic E-state index is -0.404. The number of fused-ring (bicyclic) bond motifs is 1. The van der Waals surface area contributed by atoms with Crippen LogP contribution in [0.4, 0.5) is 5.69 Å². The predicted octanol–water partition coefficient (Wildman–Crippen LogP) is 3.67. The van der Waals surface area contributed by atoms with Gasteiger partial charge in [0.1, 0.15) is 6.61 Å². The van der Waals surface area contributed by atoms with E-state index in [9.17, 15) is 9.59 Å². The van der Waals surface area contributed by atoms with E-state index in [0.717, 1.165) is 30.5 Å². The van der Waals surface area contributed by atoms with Crippen molar-refractivity contribution >= 4 is 18.0 Å². The highest BCUT2D eigenvalue weighted by atomic mass is 16.7. The minimum absolute atomic E-state index is 0.170. The maximum absolute atomic E-state index is 13.1. The summed E-state index contributed by atoms with van der Waals surface area (Å²) in [4.78, 5) is 30.3. The fraction of sp³-hybridized carbons (Fsp3) is 0.417. The molecule has 0 bridgehead atoms. The second-order valence-corrected chi connectivity index (χ2v) is 7.73. The summed E-state index contributed by atoms with van der Waals surface area (Å²) in [5, 5.41) is 2.86. The van der Waals surface area contributed by atoms with E-state index in [-0.39, 0.29) is 25.9 Å². The van der Waals surface area contributed by atoms with Gasteiger partial charge in [-0.25, -0.2) is 5.06 Å². The van der Waals surface area contributed by atoms with Gasteiger partial charge in [0.2, 0.25) is 19.1 Å². The number of amides is 2. The summed E-state index contributed by atoms with van der Waals surface area (Å²) in [7, 11) is 1.77. The average molecular weight is 442 g/mol. The number of rotatable bonds is 13. The maximum atomic E-state index is 13.1. The van der Waals surface area contributed by atoms with Crippen LogP contribution in [-0.4, -0.2) is 37.8 Å². The van der Waals surface area contributed by atoms with Crippen molar-refractivity contribution in [3.63, 3.8) is 0 Å². The Balaban J connectivity index is 1.60. The lowest BCUT2D eigenvalue weighted by Crippen LogP contribution is -2.45. The third kappa shape index (κ3) is 6.62. The second-order valence-electron chi connectivity index (χ2n) is 7.73. The van der Waals surface area contributed by atoms with Gasteiger partial charge in [0.25, 0.3) is 0 Å². The molecule has 8 heteroatoms. The molecule has 8 nitrogen and oxygen atoms in total. The molecule has 1 aliphatic heterocycles. The fourth-order valence-electron chi connectivity index (χ4n) is 3.44. The van der Waals surface area contributed by atoms with Gasteiger partial charge in [-0.3, -0.25) is 24.9 Å². The molecule has 1 heterocycles. The van der Waals surface area contributed by atoms with E-state index < -0.39 is 5.92 Å². The summed E-state index contributed by atoms with van der Waals surface area (Å²) in [6, 6.07) is 15.1. The van der Waals surface area contributed by atoms with Crippen LogP contribution < -0.4 is 19.9 Å². The lowest BCUT2D eigenvalue weighted by Gasteiger charge is -2.27. The Hall–Kier alpha value is -3.26. The van der Waals surface area contributed by atoms with Crippen LogP contribution >= 0.6 is 0 Å². The quantitative estimate of drug-likeness (QED) is 0.290. The molecule has 0 aliphatic carbocycles. The Bertz CT molecular complexity index is 877. The summed E-state index contributed by atoms with van der Waals surface area (Å²) >= 11 is 0. The van der Waals surface area contributed by atoms with Crippen molar-refractivity contribution in [1.29, 1.82) is 0 Å². The van der Waals surface area contributed by atoms with E-state index in [2.05, 4.69) is 12.3 Å². The monoisotopic (exact) mass is 441 g/mol. The van der Waals surface area contributed by atoms with Crippen molar-refractivity contribution in [3.05, 3.63) is 54.1 Å². The molecule has 0 saturated heterocycles. The molecule has 1 aliphatic rings. The molecule has 0 fully saturated rings. The first kappa shape index (κ1) is 23.4. The van der Waals surface area contributed by atoms with Crippen LogP contribution in [0.1, 0.15) is 38.2 Å². The summed E-state index contributed by atoms with van der Waals surface area (Å²) in [6.45, 7) is 2.75. The lowest BCUT2D eigenvalue weighted by atomic mass is 10.0. The van der Waals surface area contributed by atoms with Crippen molar-refractivity contribution in [2.75, 3.05) is 25.4 Å². The molecule has 0 saturated carbocycles. The largest absolute Gasteiger partial charge is 0.454 e. The smallest absolute Gasteiger partial charge is 0.243 e. The van der Waals surface area contributed by atoms with E-state index in [1.54, 1.807) is 12.1 Å². The molecule has 0 spiro atoms. The number of unbranched alkanes of at least 4 members (excludes halogenated alkanes) is 2. The standard InChI is InChI=1S/C24H31N3O5/c1-3-4-6-11-20(15-27(17-28)32-16-19-9-7-5-8-10-19)24(29)25-26(2)21-12-13-22-23(14-21)31-18-30-22/h5,7-10,12-14,17,20H,3-4,6,11,15-16,18H2,1-2H3,(H,25,29). The number of hydrogen-bond donors (Lipinski definition) is 1. The zero-order valence-corrected chi connectivity index (χ0v) is 18.7. The Labute approximate surface area is 189 Å². The summed E-state index contributed by atoms with van der Waals surface area (Å²) in [5.41, 5.74) is 4.64. The van der Waals surface area contributed by atoms with Gasteiger partial charge in [-0.05, 0) is 24.1 Å². The molecule has 32 heavy (non-hydrogen) atoms. The van der Waals surface area contributed by atoms with Gasteiger partial charge in [-0.15, -0.1) is 0 Å². The van der Waals surface area contributed by atoms with Crippen molar-refractivity contribution in [2.45, 2.75) is 39.2 Å². The Morgan fingerprint density at radius 2 is 1.94 bits per heavy atom. The van der Waals surface area contributed by atoms with Crippen LogP contribution in [0.15, 0.2) is 48.5 Å². The van der Waals surface area contributed by atoms with Crippen LogP contribution in [0.5, 0.6) is 11.5 Å². The first-order chi connectivity index (χ1) is 15.6. The molecule has 1 atom stereocenters. The van der Waals surface area contributed by atoms with E-state index in [4.69, 9.17) is 14.3 Å². The zero-order valence-electron chi connectivity index (χ0n) is 18.7. The first-order valence-electron chi connectivity index (χ1n) is 10.9. The number of carbonyl (C=O) groups excluding carboxylic acids is 2. The zero-order chi connectivity index (χ0) is 22.8. The van der Waals surface area contributed by atoms with E-state index in [0.29, 0.717) is 24.3 Å². The number of nitrogens with one attached hydrogen (secondary N) is 1. The Morgan fingerprint density at radius 3 is 2.69 bits per heavy atom. The molecule has 2 aromatic rings. The fourth-order valence-corrected chi connectivity index (χ4v) is 3.44. The molecule has 2 aromatic carbocycles. The summed E-state index contributed by atoms with van der Waals surface area (Å²) in [5.74, 6) is 0.753. The van der Waals surface area contributed by atoms with Crippen molar-refractivity contribution in [2.24, 2.45) is 5.92 Å². The number of hydroxylamine groups is 2. The third-order valence-electron chi connectivity index (χ3n) is 5.31. The van der Waals surface area contributed by atoms with Crippen LogP contribution in [-0.2, 0) is 21.0 Å². The molecular weight excluding hydrogens is 410 g/mol. The van der Waals surface area contributed by atoms with Crippen molar-refractivity contribution in [3.8, 4) is 11.5 Å². The number of anilines is 1. The molecule has 0 aromatic heterocycles. The van der Waals surface area contributed by atoms with Crippen molar-refractivity contribution in [1.82, 2.24) is 10.5 Å². The topological polar surface area (TPSA) is 80.3 Å². The average Bonchev–Trinajstić information content (AvgIpc) is 3.29. The maximum Gasteiger partial charge on any atom is 0.243 e. The second kappa shape index (κ2) is 12.0. The molecule has 3 rings (SSSR count). The van der Waals surface area contributed by atoms with Gasteiger partial charge in [0, 0.05) is 13.1 Å². The van der Waals surface area contributed by atoms with Gasteiger partial charge >= 0.3 is 0 Å². The van der Waals surface area contributed by atoms with Crippen LogP contribution in [0, 0.1) is 5.92 Å². The van der Waals surface area contributed by atoms with Crippen LogP contribution in [0.3, 0.4) is 0 Å². The lowest BCUT2D eigenvalue weighted by molar-refractivity contribution is -0.182. The number of hydrogen-bond acceptors (Lipinski definition) is 6. The van der Waals surface area contributed by atoms with Crippen LogP contribution in [0.25, 0.3) is 0 Å². The van der Waals surface area contributed by atoms with E-state index >= 15 is 0 Å². The molecule has 2 amide bonds. The number of hydrazine groups is 1. The van der Waals surface area contributed by atoms with Gasteiger partial charge < -0.3 is 9.47 Å². The molecule has 172 valence electrons. The molecule has 0 radical (unpaired) electrons. The van der Waals surface area contributed by atoms with Gasteiger partial charge in [0.15, 0.2) is 11.5 Å². The predicted molar refractivity (Wildman–Crippen MR) is 121 cm³/mol. The number of ether oxygens (including phenoxy) is 2. The highest BCUT2D eigenvalue weighted by Gasteiger charge is 2.23. The number of carbonyl (C=O) groups is 2. The van der Waals surface area contributed by atoms with E-state index in [1.807, 2.05) is 48.5 Å². The highest BCUT2D eigenvalue weighted by molar-refractivity contribution is 5.81. The summed E-state index contributed by atoms with van der Waals surface area (Å²) in [6.07, 6.45) is 4.26. The van der Waals surface area contributed by atoms with Crippen LogP contribution in [0.2, 0.25) is 0 Å². The third-order valence-corrected chi connectivity index (χ3v) is 5.31. The first-order valence-corrected chi connectivity index (χ1v) is 10.9. The van der Waals surface area contributed by atoms with Crippen molar-refractivity contribution < 1.29 is 23.9 Å². The normalized spacial score (nSPS) is 12.8. The van der Waals surface area contributed by atoms with Gasteiger partial charge in [-0.1, -0.05) is 56.5 Å². The Morgan fingerprint density at radius 1 is 1.16 bits per heavy atom. The van der Waals surface area contributed by atoms with Gasteiger partial charge in [0.05, 0.1) is 18.2 Å². The number of nitrogens with zero attached hydrogens (tertiary/aromatic N) is 2. The van der Waals surface area contributed by atoms with E-state index in [1.165, 1.54) is 5.06 Å². The minimum Gasteiger partial charge on any atom is -0.454 e. The summed E-state index contributed by atoms with van der Waals surface area (Å²) < 4.78 is 10.8. The molecular formula is C24H31N3O5. The number of benzene rings is 2. The molecule has 1 N–H and O–H groups in total. The molecule has 1 unspecified atom stereocenters. The van der Waals surface area contributed by atoms with Gasteiger partial charge in [-0.2, -0.15) is 0 Å². The highest BCUT2D eigenvalue weighted by Crippen LogP contribution is 2.34. The Kier molecular flexibility index (Phi) is 8.74. The SMILES string of the molecule is CCCCCC(CN(C=O)OCc1ccccc1)C(=O)NN(C)c1ccc2c(c1)OCO2.